The van der Waals surface area contributed by atoms with Crippen LogP contribution in [0.1, 0.15) is 12.7 Å². The van der Waals surface area contributed by atoms with Crippen LogP contribution in [0.25, 0.3) is 11.5 Å². The molecule has 4 nitrogen and oxygen atoms in total. The van der Waals surface area contributed by atoms with E-state index in [1.807, 2.05) is 14.0 Å². The molecular formula is C12H15ClFN3O. The van der Waals surface area contributed by atoms with Gasteiger partial charge in [0.05, 0.1) is 0 Å². The van der Waals surface area contributed by atoms with E-state index >= 15 is 0 Å². The van der Waals surface area contributed by atoms with Crippen LogP contribution >= 0.6 is 12.4 Å². The van der Waals surface area contributed by atoms with Crippen LogP contribution in [0.4, 0.5) is 4.39 Å². The molecule has 1 aromatic heterocycles. The molecule has 1 heterocycles. The average Bonchev–Trinajstić information content (AvgIpc) is 2.77. The normalized spacial score (nSPS) is 11.9. The van der Waals surface area contributed by atoms with Gasteiger partial charge in [0.2, 0.25) is 0 Å². The highest BCUT2D eigenvalue weighted by Gasteiger charge is 2.11. The van der Waals surface area contributed by atoms with Gasteiger partial charge in [0.15, 0.2) is 5.82 Å². The molecule has 0 amide bonds. The first-order valence-corrected chi connectivity index (χ1v) is 5.45. The zero-order valence-corrected chi connectivity index (χ0v) is 11.0. The van der Waals surface area contributed by atoms with Crippen LogP contribution < -0.4 is 5.32 Å². The van der Waals surface area contributed by atoms with Crippen molar-refractivity contribution in [3.8, 4) is 11.5 Å². The van der Waals surface area contributed by atoms with E-state index in [0.717, 1.165) is 0 Å². The van der Waals surface area contributed by atoms with E-state index in [0.29, 0.717) is 23.7 Å². The summed E-state index contributed by atoms with van der Waals surface area (Å²) >= 11 is 0. The molecule has 2 aromatic rings. The van der Waals surface area contributed by atoms with Crippen molar-refractivity contribution in [2.24, 2.45) is 0 Å². The lowest BCUT2D eigenvalue weighted by molar-refractivity contribution is 0.418. The fourth-order valence-corrected chi connectivity index (χ4v) is 1.45. The molecule has 0 aliphatic heterocycles. The molecule has 0 spiro atoms. The van der Waals surface area contributed by atoms with Gasteiger partial charge in [0, 0.05) is 18.0 Å². The Hall–Kier alpha value is -1.46. The Balaban J connectivity index is 0.00000162. The topological polar surface area (TPSA) is 51.0 Å². The van der Waals surface area contributed by atoms with Crippen molar-refractivity contribution in [2.45, 2.75) is 19.4 Å². The third-order valence-corrected chi connectivity index (χ3v) is 2.52. The second-order valence-corrected chi connectivity index (χ2v) is 3.92. The predicted octanol–water partition coefficient (Wildman–Crippen LogP) is 2.45. The summed E-state index contributed by atoms with van der Waals surface area (Å²) in [5, 5.41) is 6.95. The molecule has 0 aliphatic carbocycles. The van der Waals surface area contributed by atoms with Gasteiger partial charge in [-0.1, -0.05) is 11.2 Å². The van der Waals surface area contributed by atoms with Crippen molar-refractivity contribution < 1.29 is 8.91 Å². The highest BCUT2D eigenvalue weighted by Crippen LogP contribution is 2.18. The zero-order valence-electron chi connectivity index (χ0n) is 10.2. The monoisotopic (exact) mass is 271 g/mol. The lowest BCUT2D eigenvalue weighted by atomic mass is 10.2. The molecule has 6 heteroatoms. The molecule has 1 aromatic carbocycles. The van der Waals surface area contributed by atoms with Crippen molar-refractivity contribution in [1.82, 2.24) is 15.5 Å². The molecule has 18 heavy (non-hydrogen) atoms. The summed E-state index contributed by atoms with van der Waals surface area (Å²) < 4.78 is 18.1. The summed E-state index contributed by atoms with van der Waals surface area (Å²) in [6.07, 6.45) is 0.676. The Labute approximate surface area is 111 Å². The molecule has 0 bridgehead atoms. The first kappa shape index (κ1) is 14.6. The molecule has 0 radical (unpaired) electrons. The summed E-state index contributed by atoms with van der Waals surface area (Å²) in [6.45, 7) is 2.03. The molecule has 0 saturated carbocycles. The highest BCUT2D eigenvalue weighted by atomic mass is 35.5. The van der Waals surface area contributed by atoms with E-state index in [1.165, 1.54) is 12.1 Å². The molecule has 98 valence electrons. The number of halogens is 2. The third-order valence-electron chi connectivity index (χ3n) is 2.52. The van der Waals surface area contributed by atoms with Crippen molar-refractivity contribution in [1.29, 1.82) is 0 Å². The molecule has 1 unspecified atom stereocenters. The number of benzene rings is 1. The summed E-state index contributed by atoms with van der Waals surface area (Å²) in [7, 11) is 1.87. The molecule has 0 saturated heterocycles. The Bertz CT molecular complexity index is 504. The zero-order chi connectivity index (χ0) is 12.3. The average molecular weight is 272 g/mol. The third kappa shape index (κ3) is 3.51. The number of nitrogens with zero attached hydrogens (tertiary/aromatic N) is 2. The smallest absolute Gasteiger partial charge is 0.258 e. The Morgan fingerprint density at radius 2 is 2.22 bits per heavy atom. The van der Waals surface area contributed by atoms with Gasteiger partial charge < -0.3 is 9.84 Å². The van der Waals surface area contributed by atoms with Crippen molar-refractivity contribution >= 4 is 12.4 Å². The minimum absolute atomic E-state index is 0. The number of hydrogen-bond donors (Lipinski definition) is 1. The number of aromatic nitrogens is 2. The molecule has 0 fully saturated rings. The van der Waals surface area contributed by atoms with Crippen LogP contribution in [-0.4, -0.2) is 23.2 Å². The Morgan fingerprint density at radius 1 is 1.44 bits per heavy atom. The van der Waals surface area contributed by atoms with Gasteiger partial charge in [0.25, 0.3) is 5.89 Å². The maximum absolute atomic E-state index is 13.0. The maximum Gasteiger partial charge on any atom is 0.258 e. The SMILES string of the molecule is CNC(C)Cc1noc(-c2cccc(F)c2)n1.Cl. The summed E-state index contributed by atoms with van der Waals surface area (Å²) in [5.41, 5.74) is 0.598. The fraction of sp³-hybridized carbons (Fsp3) is 0.333. The minimum Gasteiger partial charge on any atom is -0.334 e. The van der Waals surface area contributed by atoms with E-state index in [-0.39, 0.29) is 24.3 Å². The highest BCUT2D eigenvalue weighted by molar-refractivity contribution is 5.85. The van der Waals surface area contributed by atoms with Crippen LogP contribution in [0, 0.1) is 5.82 Å². The number of rotatable bonds is 4. The number of hydrogen-bond acceptors (Lipinski definition) is 4. The van der Waals surface area contributed by atoms with Gasteiger partial charge in [-0.25, -0.2) is 4.39 Å². The predicted molar refractivity (Wildman–Crippen MR) is 69.2 cm³/mol. The molecule has 1 atom stereocenters. The first-order chi connectivity index (χ1) is 8.19. The van der Waals surface area contributed by atoms with Gasteiger partial charge in [-0.3, -0.25) is 0 Å². The molecule has 2 rings (SSSR count). The Kier molecular flexibility index (Phi) is 5.25. The number of nitrogens with one attached hydrogen (secondary N) is 1. The Morgan fingerprint density at radius 3 is 2.89 bits per heavy atom. The van der Waals surface area contributed by atoms with Gasteiger partial charge in [-0.15, -0.1) is 12.4 Å². The number of likely N-dealkylation sites (N-methyl/N-ethyl adjacent to an activating group) is 1. The van der Waals surface area contributed by atoms with Crippen molar-refractivity contribution in [3.63, 3.8) is 0 Å². The van der Waals surface area contributed by atoms with E-state index in [2.05, 4.69) is 15.5 Å². The minimum atomic E-state index is -0.314. The fourth-order valence-electron chi connectivity index (χ4n) is 1.45. The molecule has 1 N–H and O–H groups in total. The standard InChI is InChI=1S/C12H14FN3O.ClH/c1-8(14-2)6-11-15-12(17-16-11)9-4-3-5-10(13)7-9;/h3-5,7-8,14H,6H2,1-2H3;1H. The lowest BCUT2D eigenvalue weighted by Crippen LogP contribution is -2.24. The van der Waals surface area contributed by atoms with E-state index in [4.69, 9.17) is 4.52 Å². The summed E-state index contributed by atoms with van der Waals surface area (Å²) in [6, 6.07) is 6.38. The van der Waals surface area contributed by atoms with Gasteiger partial charge in [-0.2, -0.15) is 4.98 Å². The van der Waals surface area contributed by atoms with Gasteiger partial charge >= 0.3 is 0 Å². The maximum atomic E-state index is 13.0. The van der Waals surface area contributed by atoms with Crippen LogP contribution in [0.5, 0.6) is 0 Å². The van der Waals surface area contributed by atoms with Crippen LogP contribution in [0.3, 0.4) is 0 Å². The van der Waals surface area contributed by atoms with Gasteiger partial charge in [0.1, 0.15) is 5.82 Å². The van der Waals surface area contributed by atoms with Gasteiger partial charge in [-0.05, 0) is 32.2 Å². The van der Waals surface area contributed by atoms with E-state index in [1.54, 1.807) is 12.1 Å². The summed E-state index contributed by atoms with van der Waals surface area (Å²) in [5.74, 6) is 0.653. The van der Waals surface area contributed by atoms with Crippen LogP contribution in [-0.2, 0) is 6.42 Å². The molecule has 0 aliphatic rings. The quantitative estimate of drug-likeness (QED) is 0.928. The van der Waals surface area contributed by atoms with Crippen LogP contribution in [0.2, 0.25) is 0 Å². The van der Waals surface area contributed by atoms with E-state index < -0.39 is 0 Å². The van der Waals surface area contributed by atoms with Crippen molar-refractivity contribution in [3.05, 3.63) is 35.9 Å². The lowest BCUT2D eigenvalue weighted by Gasteiger charge is -2.04. The first-order valence-electron chi connectivity index (χ1n) is 5.45. The molecular weight excluding hydrogens is 257 g/mol. The largest absolute Gasteiger partial charge is 0.334 e. The second-order valence-electron chi connectivity index (χ2n) is 3.92. The second kappa shape index (κ2) is 6.47. The summed E-state index contributed by atoms with van der Waals surface area (Å²) in [4.78, 5) is 4.23. The van der Waals surface area contributed by atoms with Crippen LogP contribution in [0.15, 0.2) is 28.8 Å². The van der Waals surface area contributed by atoms with Crippen molar-refractivity contribution in [2.75, 3.05) is 7.05 Å². The van der Waals surface area contributed by atoms with E-state index in [9.17, 15) is 4.39 Å².